The van der Waals surface area contributed by atoms with Gasteiger partial charge in [-0.2, -0.15) is 0 Å². The lowest BCUT2D eigenvalue weighted by Gasteiger charge is -2.35. The maximum absolute atomic E-state index is 14.4. The van der Waals surface area contributed by atoms with E-state index in [1.54, 1.807) is 23.8 Å². The SMILES string of the molecule is COc1ccc(CN(C(=O)[C@@H]2CSC(c3ccc(Cl)cc3)N2)C(C(=O)NC(C)(C)C)c2ccc(C(C)C)cc2)cc1. The van der Waals surface area contributed by atoms with Crippen molar-refractivity contribution < 1.29 is 14.3 Å². The summed E-state index contributed by atoms with van der Waals surface area (Å²) in [6.45, 7) is 10.4. The predicted octanol–water partition coefficient (Wildman–Crippen LogP) is 6.86. The van der Waals surface area contributed by atoms with Gasteiger partial charge in [0.05, 0.1) is 18.5 Å². The Morgan fingerprint density at radius 3 is 2.17 bits per heavy atom. The normalized spacial score (nSPS) is 17.8. The van der Waals surface area contributed by atoms with Gasteiger partial charge in [-0.3, -0.25) is 14.9 Å². The smallest absolute Gasteiger partial charge is 0.247 e. The van der Waals surface area contributed by atoms with Crippen molar-refractivity contribution in [3.8, 4) is 5.75 Å². The number of benzene rings is 3. The van der Waals surface area contributed by atoms with Crippen LogP contribution >= 0.6 is 23.4 Å². The van der Waals surface area contributed by atoms with E-state index < -0.39 is 17.6 Å². The van der Waals surface area contributed by atoms with Crippen LogP contribution in [0.4, 0.5) is 0 Å². The fourth-order valence-corrected chi connectivity index (χ4v) is 6.20. The topological polar surface area (TPSA) is 70.7 Å². The van der Waals surface area contributed by atoms with Crippen molar-refractivity contribution >= 4 is 35.2 Å². The molecular formula is C33H40ClN3O3S. The molecule has 2 unspecified atom stereocenters. The Labute approximate surface area is 253 Å². The van der Waals surface area contributed by atoms with Crippen molar-refractivity contribution in [1.82, 2.24) is 15.5 Å². The molecule has 2 N–H and O–H groups in total. The van der Waals surface area contributed by atoms with Crippen LogP contribution in [0.3, 0.4) is 0 Å². The van der Waals surface area contributed by atoms with Gasteiger partial charge >= 0.3 is 0 Å². The van der Waals surface area contributed by atoms with Gasteiger partial charge in [0.15, 0.2) is 0 Å². The first-order chi connectivity index (χ1) is 19.4. The maximum Gasteiger partial charge on any atom is 0.247 e. The van der Waals surface area contributed by atoms with E-state index >= 15 is 0 Å². The molecule has 1 saturated heterocycles. The summed E-state index contributed by atoms with van der Waals surface area (Å²) in [5.74, 6) is 1.35. The Morgan fingerprint density at radius 2 is 1.61 bits per heavy atom. The summed E-state index contributed by atoms with van der Waals surface area (Å²) in [5, 5.41) is 7.27. The first-order valence-corrected chi connectivity index (χ1v) is 15.4. The van der Waals surface area contributed by atoms with Crippen LogP contribution < -0.4 is 15.4 Å². The lowest BCUT2D eigenvalue weighted by molar-refractivity contribution is -0.143. The average Bonchev–Trinajstić information content (AvgIpc) is 3.43. The Hall–Kier alpha value is -3.00. The molecule has 1 aliphatic rings. The molecule has 3 aromatic carbocycles. The van der Waals surface area contributed by atoms with Crippen molar-refractivity contribution in [2.75, 3.05) is 12.9 Å². The largest absolute Gasteiger partial charge is 0.497 e. The van der Waals surface area contributed by atoms with Crippen LogP contribution in [0, 0.1) is 0 Å². The number of amides is 2. The Balaban J connectivity index is 1.71. The van der Waals surface area contributed by atoms with Gasteiger partial charge < -0.3 is 15.0 Å². The molecular weight excluding hydrogens is 554 g/mol. The van der Waals surface area contributed by atoms with E-state index in [1.165, 1.54) is 5.56 Å². The number of rotatable bonds is 9. The highest BCUT2D eigenvalue weighted by Gasteiger charge is 2.39. The van der Waals surface area contributed by atoms with Gasteiger partial charge in [0, 0.05) is 22.9 Å². The van der Waals surface area contributed by atoms with E-state index in [-0.39, 0.29) is 23.7 Å². The third-order valence-electron chi connectivity index (χ3n) is 7.03. The Kier molecular flexibility index (Phi) is 10.1. The summed E-state index contributed by atoms with van der Waals surface area (Å²) >= 11 is 7.78. The number of nitrogens with one attached hydrogen (secondary N) is 2. The van der Waals surface area contributed by atoms with E-state index in [2.05, 4.69) is 24.5 Å². The minimum Gasteiger partial charge on any atom is -0.497 e. The second kappa shape index (κ2) is 13.3. The summed E-state index contributed by atoms with van der Waals surface area (Å²) in [7, 11) is 1.62. The number of methoxy groups -OCH3 is 1. The van der Waals surface area contributed by atoms with Gasteiger partial charge in [0.1, 0.15) is 11.8 Å². The van der Waals surface area contributed by atoms with Gasteiger partial charge in [0.25, 0.3) is 0 Å². The highest BCUT2D eigenvalue weighted by Crippen LogP contribution is 2.35. The Morgan fingerprint density at radius 1 is 1.00 bits per heavy atom. The zero-order chi connectivity index (χ0) is 29.7. The van der Waals surface area contributed by atoms with E-state index in [0.29, 0.717) is 16.7 Å². The molecule has 2 amide bonds. The number of nitrogens with zero attached hydrogens (tertiary/aromatic N) is 1. The molecule has 0 aliphatic carbocycles. The molecule has 6 nitrogen and oxygen atoms in total. The second-order valence-electron chi connectivity index (χ2n) is 11.8. The van der Waals surface area contributed by atoms with Crippen LogP contribution in [-0.2, 0) is 16.1 Å². The van der Waals surface area contributed by atoms with Crippen molar-refractivity contribution in [1.29, 1.82) is 0 Å². The molecule has 4 rings (SSSR count). The number of carbonyl (C=O) groups excluding carboxylic acids is 2. The van der Waals surface area contributed by atoms with Gasteiger partial charge in [-0.05, 0) is 73.2 Å². The van der Waals surface area contributed by atoms with Gasteiger partial charge in [-0.25, -0.2) is 0 Å². The number of hydrogen-bond acceptors (Lipinski definition) is 5. The number of thioether (sulfide) groups is 1. The summed E-state index contributed by atoms with van der Waals surface area (Å²) in [6, 6.07) is 22.1. The molecule has 3 aromatic rings. The minimum absolute atomic E-state index is 0.0452. The van der Waals surface area contributed by atoms with E-state index in [0.717, 1.165) is 22.4 Å². The van der Waals surface area contributed by atoms with Crippen molar-refractivity contribution in [3.05, 3.63) is 100 Å². The van der Waals surface area contributed by atoms with Crippen molar-refractivity contribution in [2.45, 2.75) is 70.1 Å². The van der Waals surface area contributed by atoms with Crippen LogP contribution in [0.25, 0.3) is 0 Å². The number of ether oxygens (including phenoxy) is 1. The second-order valence-corrected chi connectivity index (χ2v) is 13.3. The first-order valence-electron chi connectivity index (χ1n) is 13.9. The molecule has 0 radical (unpaired) electrons. The molecule has 0 saturated carbocycles. The summed E-state index contributed by atoms with van der Waals surface area (Å²) in [4.78, 5) is 30.1. The van der Waals surface area contributed by atoms with Crippen LogP contribution in [0.1, 0.15) is 74.2 Å². The van der Waals surface area contributed by atoms with Crippen LogP contribution in [0.15, 0.2) is 72.8 Å². The molecule has 8 heteroatoms. The first kappa shape index (κ1) is 30.9. The zero-order valence-electron chi connectivity index (χ0n) is 24.6. The molecule has 3 atom stereocenters. The highest BCUT2D eigenvalue weighted by molar-refractivity contribution is 7.99. The summed E-state index contributed by atoms with van der Waals surface area (Å²) < 4.78 is 5.34. The van der Waals surface area contributed by atoms with Crippen LogP contribution in [0.2, 0.25) is 5.02 Å². The highest BCUT2D eigenvalue weighted by atomic mass is 35.5. The monoisotopic (exact) mass is 593 g/mol. The molecule has 41 heavy (non-hydrogen) atoms. The fourth-order valence-electron chi connectivity index (χ4n) is 4.84. The van der Waals surface area contributed by atoms with Gasteiger partial charge in [-0.15, -0.1) is 11.8 Å². The third-order valence-corrected chi connectivity index (χ3v) is 8.54. The molecule has 0 spiro atoms. The quantitative estimate of drug-likeness (QED) is 0.284. The standard InChI is InChI=1S/C33H40ClN3O3S/c1-21(2)23-9-11-24(12-10-23)29(30(38)36-33(3,4)5)37(19-22-7-17-27(40-6)18-8-22)32(39)28-20-41-31(35-28)25-13-15-26(34)16-14-25/h7-18,21,28-29,31,35H,19-20H2,1-6H3,(H,36,38)/t28-,29?,31?/m0/s1. The number of halogens is 1. The number of hydrogen-bond donors (Lipinski definition) is 2. The molecule has 1 aliphatic heterocycles. The predicted molar refractivity (Wildman–Crippen MR) is 168 cm³/mol. The molecule has 0 aromatic heterocycles. The minimum atomic E-state index is -0.813. The summed E-state index contributed by atoms with van der Waals surface area (Å²) in [5.41, 5.74) is 3.45. The van der Waals surface area contributed by atoms with Crippen LogP contribution in [0.5, 0.6) is 5.75 Å². The molecule has 1 fully saturated rings. The molecule has 1 heterocycles. The maximum atomic E-state index is 14.4. The van der Waals surface area contributed by atoms with Gasteiger partial charge in [-0.1, -0.05) is 74.0 Å². The Bertz CT molecular complexity index is 1320. The van der Waals surface area contributed by atoms with Crippen LogP contribution in [-0.4, -0.2) is 41.2 Å². The van der Waals surface area contributed by atoms with E-state index in [9.17, 15) is 9.59 Å². The zero-order valence-corrected chi connectivity index (χ0v) is 26.2. The van der Waals surface area contributed by atoms with E-state index in [1.807, 2.05) is 93.6 Å². The molecule has 0 bridgehead atoms. The van der Waals surface area contributed by atoms with E-state index in [4.69, 9.17) is 16.3 Å². The fraction of sp³-hybridized carbons (Fsp3) is 0.394. The third kappa shape index (κ3) is 8.06. The average molecular weight is 594 g/mol. The van der Waals surface area contributed by atoms with Gasteiger partial charge in [0.2, 0.25) is 11.8 Å². The van der Waals surface area contributed by atoms with Crippen molar-refractivity contribution in [2.24, 2.45) is 0 Å². The number of carbonyl (C=O) groups is 2. The lowest BCUT2D eigenvalue weighted by Crippen LogP contribution is -2.52. The summed E-state index contributed by atoms with van der Waals surface area (Å²) in [6.07, 6.45) is 0. The lowest BCUT2D eigenvalue weighted by atomic mass is 9.96. The van der Waals surface area contributed by atoms with Crippen molar-refractivity contribution in [3.63, 3.8) is 0 Å². The molecule has 218 valence electrons.